The van der Waals surface area contributed by atoms with Crippen LogP contribution in [0.4, 0.5) is 23.7 Å². The Morgan fingerprint density at radius 2 is 1.80 bits per heavy atom. The molecule has 0 radical (unpaired) electrons. The molecular weight excluding hydrogens is 459 g/mol. The zero-order chi connectivity index (χ0) is 25.3. The van der Waals surface area contributed by atoms with E-state index in [1.165, 1.54) is 5.56 Å². The number of amides is 2. The first kappa shape index (κ1) is 25.2. The molecule has 9 heteroatoms. The molecule has 0 unspecified atom stereocenters. The summed E-state index contributed by atoms with van der Waals surface area (Å²) >= 11 is 0. The standard InChI is InChI=1S/C26H32F3N3O3/c1-15(2)32-12-11-26(16-5-8-20(34-3)21(13-16)35-4)10-9-17(14-22(26)32)30-25(33)31-19-7-6-18(27)23(28)24(19)29/h5-8,13,15,17,22H,9-12,14H2,1-4H3,(H2,30,31,33)/t17-,22+,26+/m1/s1. The van der Waals surface area contributed by atoms with Crippen molar-refractivity contribution in [3.05, 3.63) is 53.3 Å². The number of urea groups is 1. The summed E-state index contributed by atoms with van der Waals surface area (Å²) < 4.78 is 51.7. The third-order valence-corrected chi connectivity index (χ3v) is 7.54. The first-order chi connectivity index (χ1) is 16.7. The van der Waals surface area contributed by atoms with Gasteiger partial charge >= 0.3 is 6.03 Å². The average Bonchev–Trinajstić information content (AvgIpc) is 3.24. The van der Waals surface area contributed by atoms with Gasteiger partial charge in [0.25, 0.3) is 0 Å². The van der Waals surface area contributed by atoms with E-state index < -0.39 is 29.2 Å². The molecular formula is C26H32F3N3O3. The van der Waals surface area contributed by atoms with E-state index in [9.17, 15) is 18.0 Å². The number of rotatable bonds is 6. The van der Waals surface area contributed by atoms with E-state index in [-0.39, 0.29) is 17.5 Å². The number of anilines is 1. The summed E-state index contributed by atoms with van der Waals surface area (Å²) in [7, 11) is 3.24. The lowest BCUT2D eigenvalue weighted by molar-refractivity contribution is 0.113. The predicted molar refractivity (Wildman–Crippen MR) is 128 cm³/mol. The Bertz CT molecular complexity index is 1100. The molecule has 35 heavy (non-hydrogen) atoms. The summed E-state index contributed by atoms with van der Waals surface area (Å²) in [5, 5.41) is 5.22. The zero-order valence-electron chi connectivity index (χ0n) is 20.5. The first-order valence-electron chi connectivity index (χ1n) is 11.9. The second kappa shape index (κ2) is 9.97. The van der Waals surface area contributed by atoms with Gasteiger partial charge in [0, 0.05) is 23.5 Å². The van der Waals surface area contributed by atoms with Crippen molar-refractivity contribution >= 4 is 11.7 Å². The molecule has 2 aromatic carbocycles. The average molecular weight is 492 g/mol. The molecule has 1 heterocycles. The summed E-state index contributed by atoms with van der Waals surface area (Å²) in [5.74, 6) is -2.97. The summed E-state index contributed by atoms with van der Waals surface area (Å²) in [5.41, 5.74) is 0.696. The second-order valence-corrected chi connectivity index (χ2v) is 9.62. The number of fused-ring (bicyclic) bond motifs is 1. The van der Waals surface area contributed by atoms with E-state index in [0.717, 1.165) is 37.9 Å². The number of hydrogen-bond acceptors (Lipinski definition) is 4. The molecule has 2 amide bonds. The van der Waals surface area contributed by atoms with Gasteiger partial charge in [-0.15, -0.1) is 0 Å². The number of nitrogens with zero attached hydrogens (tertiary/aromatic N) is 1. The van der Waals surface area contributed by atoms with Crippen LogP contribution in [0.25, 0.3) is 0 Å². The minimum absolute atomic E-state index is 0.0926. The molecule has 1 aliphatic heterocycles. The number of methoxy groups -OCH3 is 2. The number of halogens is 3. The van der Waals surface area contributed by atoms with Gasteiger partial charge < -0.3 is 20.1 Å². The topological polar surface area (TPSA) is 62.8 Å². The van der Waals surface area contributed by atoms with Gasteiger partial charge in [0.1, 0.15) is 0 Å². The molecule has 1 saturated heterocycles. The SMILES string of the molecule is COc1ccc([C@@]23CC[C@@H](NC(=O)Nc4ccc(F)c(F)c4F)C[C@@H]2N(C(C)C)CC3)cc1OC. The fourth-order valence-electron chi connectivity index (χ4n) is 5.78. The quantitative estimate of drug-likeness (QED) is 0.545. The van der Waals surface area contributed by atoms with Crippen molar-refractivity contribution < 1.29 is 27.4 Å². The van der Waals surface area contributed by atoms with Crippen LogP contribution >= 0.6 is 0 Å². The highest BCUT2D eigenvalue weighted by Gasteiger charge is 2.52. The number of ether oxygens (including phenoxy) is 2. The van der Waals surface area contributed by atoms with Crippen LogP contribution in [-0.4, -0.2) is 49.8 Å². The highest BCUT2D eigenvalue weighted by Crippen LogP contribution is 2.50. The lowest BCUT2D eigenvalue weighted by Gasteiger charge is -2.46. The van der Waals surface area contributed by atoms with Gasteiger partial charge in [-0.1, -0.05) is 6.07 Å². The van der Waals surface area contributed by atoms with Gasteiger partial charge in [-0.2, -0.15) is 0 Å². The Morgan fingerprint density at radius 1 is 1.06 bits per heavy atom. The van der Waals surface area contributed by atoms with Crippen molar-refractivity contribution in [2.24, 2.45) is 0 Å². The van der Waals surface area contributed by atoms with Gasteiger partial charge in [-0.05, 0) is 75.9 Å². The van der Waals surface area contributed by atoms with E-state index in [1.807, 2.05) is 6.07 Å². The Kier molecular flexibility index (Phi) is 7.17. The fourth-order valence-corrected chi connectivity index (χ4v) is 5.78. The smallest absolute Gasteiger partial charge is 0.319 e. The lowest BCUT2D eigenvalue weighted by Crippen LogP contribution is -2.54. The second-order valence-electron chi connectivity index (χ2n) is 9.62. The van der Waals surface area contributed by atoms with Crippen LogP contribution in [0.2, 0.25) is 0 Å². The maximum absolute atomic E-state index is 14.0. The molecule has 1 aliphatic carbocycles. The van der Waals surface area contributed by atoms with Crippen LogP contribution in [0.3, 0.4) is 0 Å². The third-order valence-electron chi connectivity index (χ3n) is 7.54. The third kappa shape index (κ3) is 4.66. The minimum atomic E-state index is -1.61. The summed E-state index contributed by atoms with van der Waals surface area (Å²) in [6.07, 6.45) is 3.27. The molecule has 4 rings (SSSR count). The normalized spacial score (nSPS) is 24.2. The largest absolute Gasteiger partial charge is 0.493 e. The van der Waals surface area contributed by atoms with Crippen LogP contribution in [-0.2, 0) is 5.41 Å². The summed E-state index contributed by atoms with van der Waals surface area (Å²) in [6, 6.07) is 7.59. The molecule has 0 bridgehead atoms. The van der Waals surface area contributed by atoms with E-state index in [2.05, 4.69) is 41.5 Å². The molecule has 6 nitrogen and oxygen atoms in total. The highest BCUT2D eigenvalue weighted by molar-refractivity contribution is 5.89. The number of likely N-dealkylation sites (tertiary alicyclic amines) is 1. The van der Waals surface area contributed by atoms with Crippen molar-refractivity contribution in [2.45, 2.75) is 63.1 Å². The van der Waals surface area contributed by atoms with E-state index >= 15 is 0 Å². The number of hydrogen-bond donors (Lipinski definition) is 2. The van der Waals surface area contributed by atoms with E-state index in [4.69, 9.17) is 9.47 Å². The van der Waals surface area contributed by atoms with E-state index in [0.29, 0.717) is 24.0 Å². The summed E-state index contributed by atoms with van der Waals surface area (Å²) in [4.78, 5) is 15.1. The van der Waals surface area contributed by atoms with Crippen LogP contribution in [0.1, 0.15) is 45.1 Å². The number of nitrogens with one attached hydrogen (secondary N) is 2. The number of carbonyl (C=O) groups is 1. The molecule has 0 aromatic heterocycles. The van der Waals surface area contributed by atoms with Crippen molar-refractivity contribution in [3.8, 4) is 11.5 Å². The van der Waals surface area contributed by atoms with Gasteiger partial charge in [-0.3, -0.25) is 4.90 Å². The molecule has 190 valence electrons. The van der Waals surface area contributed by atoms with Crippen molar-refractivity contribution in [3.63, 3.8) is 0 Å². The zero-order valence-corrected chi connectivity index (χ0v) is 20.5. The molecule has 0 spiro atoms. The Hall–Kier alpha value is -2.94. The molecule has 3 atom stereocenters. The monoisotopic (exact) mass is 491 g/mol. The fraction of sp³-hybridized carbons (Fsp3) is 0.500. The van der Waals surface area contributed by atoms with E-state index in [1.54, 1.807) is 14.2 Å². The molecule has 2 N–H and O–H groups in total. The number of benzene rings is 2. The summed E-state index contributed by atoms with van der Waals surface area (Å²) in [6.45, 7) is 5.27. The Balaban J connectivity index is 1.53. The molecule has 1 saturated carbocycles. The lowest BCUT2D eigenvalue weighted by atomic mass is 9.65. The molecule has 2 fully saturated rings. The van der Waals surface area contributed by atoms with Gasteiger partial charge in [0.2, 0.25) is 0 Å². The Labute approximate surface area is 203 Å². The van der Waals surface area contributed by atoms with Crippen molar-refractivity contribution in [2.75, 3.05) is 26.1 Å². The first-order valence-corrected chi connectivity index (χ1v) is 11.9. The minimum Gasteiger partial charge on any atom is -0.493 e. The van der Waals surface area contributed by atoms with Crippen molar-refractivity contribution in [1.29, 1.82) is 0 Å². The number of carbonyl (C=O) groups excluding carboxylic acids is 1. The van der Waals surface area contributed by atoms with Crippen LogP contribution in [0.5, 0.6) is 11.5 Å². The van der Waals surface area contributed by atoms with Crippen LogP contribution < -0.4 is 20.1 Å². The molecule has 2 aromatic rings. The Morgan fingerprint density at radius 3 is 2.49 bits per heavy atom. The molecule has 2 aliphatic rings. The van der Waals surface area contributed by atoms with Gasteiger partial charge in [0.15, 0.2) is 29.0 Å². The predicted octanol–water partition coefficient (Wildman–Crippen LogP) is 5.22. The van der Waals surface area contributed by atoms with Crippen molar-refractivity contribution in [1.82, 2.24) is 10.2 Å². The van der Waals surface area contributed by atoms with Gasteiger partial charge in [0.05, 0.1) is 19.9 Å². The van der Waals surface area contributed by atoms with Gasteiger partial charge in [-0.25, -0.2) is 18.0 Å². The maximum atomic E-state index is 14.0. The highest BCUT2D eigenvalue weighted by atomic mass is 19.2. The maximum Gasteiger partial charge on any atom is 0.319 e. The van der Waals surface area contributed by atoms with Crippen LogP contribution in [0.15, 0.2) is 30.3 Å². The van der Waals surface area contributed by atoms with Crippen LogP contribution in [0, 0.1) is 17.5 Å².